The summed E-state index contributed by atoms with van der Waals surface area (Å²) in [5.41, 5.74) is -0.911. The third-order valence-corrected chi connectivity index (χ3v) is 5.39. The Hall–Kier alpha value is -0.660. The molecule has 0 aromatic heterocycles. The van der Waals surface area contributed by atoms with Crippen LogP contribution in [0.2, 0.25) is 0 Å². The second kappa shape index (κ2) is 5.14. The molecule has 0 bridgehead atoms. The van der Waals surface area contributed by atoms with E-state index in [1.54, 1.807) is 0 Å². The van der Waals surface area contributed by atoms with Crippen LogP contribution < -0.4 is 5.32 Å². The van der Waals surface area contributed by atoms with Crippen LogP contribution in [-0.2, 0) is 19.4 Å². The van der Waals surface area contributed by atoms with Crippen molar-refractivity contribution in [1.29, 1.82) is 0 Å². The van der Waals surface area contributed by atoms with E-state index in [1.807, 2.05) is 0 Å². The van der Waals surface area contributed by atoms with E-state index in [0.29, 0.717) is 32.5 Å². The fourth-order valence-corrected chi connectivity index (χ4v) is 4.07. The third-order valence-electron chi connectivity index (χ3n) is 3.62. The van der Waals surface area contributed by atoms with Gasteiger partial charge in [0.15, 0.2) is 9.84 Å². The zero-order chi connectivity index (χ0) is 13.2. The van der Waals surface area contributed by atoms with Gasteiger partial charge in [-0.15, -0.1) is 0 Å². The lowest BCUT2D eigenvalue weighted by Crippen LogP contribution is -2.48. The van der Waals surface area contributed by atoms with Gasteiger partial charge in [0.1, 0.15) is 0 Å². The van der Waals surface area contributed by atoms with Gasteiger partial charge in [-0.25, -0.2) is 8.42 Å². The lowest BCUT2D eigenvalue weighted by atomic mass is 9.94. The largest absolute Gasteiger partial charge is 0.388 e. The van der Waals surface area contributed by atoms with Gasteiger partial charge in [0.25, 0.3) is 0 Å². The van der Waals surface area contributed by atoms with E-state index in [1.165, 1.54) is 0 Å². The van der Waals surface area contributed by atoms with Crippen LogP contribution in [0.5, 0.6) is 0 Å². The second-order valence-corrected chi connectivity index (χ2v) is 7.38. The SMILES string of the molecule is O=C(NCC1(O)CCOCC1)C1CCS(=O)(=O)C1. The minimum Gasteiger partial charge on any atom is -0.388 e. The number of ether oxygens (including phenoxy) is 1. The van der Waals surface area contributed by atoms with Gasteiger partial charge < -0.3 is 15.2 Å². The second-order valence-electron chi connectivity index (χ2n) is 5.15. The lowest BCUT2D eigenvalue weighted by molar-refractivity contribution is -0.127. The number of rotatable bonds is 3. The Labute approximate surface area is 107 Å². The fraction of sp³-hybridized carbons (Fsp3) is 0.909. The van der Waals surface area contributed by atoms with Crippen LogP contribution in [0.25, 0.3) is 0 Å². The maximum atomic E-state index is 11.8. The fourth-order valence-electron chi connectivity index (χ4n) is 2.33. The van der Waals surface area contributed by atoms with Gasteiger partial charge in [0.05, 0.1) is 23.0 Å². The minimum atomic E-state index is -3.04. The predicted octanol–water partition coefficient (Wildman–Crippen LogP) is -0.921. The molecule has 1 unspecified atom stereocenters. The Morgan fingerprint density at radius 3 is 2.61 bits per heavy atom. The summed E-state index contributed by atoms with van der Waals surface area (Å²) in [7, 11) is -3.04. The molecule has 2 N–H and O–H groups in total. The first kappa shape index (κ1) is 13.8. The molecule has 7 heteroatoms. The smallest absolute Gasteiger partial charge is 0.224 e. The quantitative estimate of drug-likeness (QED) is 0.696. The standard InChI is InChI=1S/C11H19NO5S/c13-10(9-1-6-18(15,16)7-9)12-8-11(14)2-4-17-5-3-11/h9,14H,1-8H2,(H,12,13). The Kier molecular flexibility index (Phi) is 3.93. The van der Waals surface area contributed by atoms with Gasteiger partial charge in [-0.2, -0.15) is 0 Å². The molecule has 0 aliphatic carbocycles. The molecule has 0 saturated carbocycles. The Morgan fingerprint density at radius 2 is 2.06 bits per heavy atom. The number of sulfone groups is 1. The summed E-state index contributed by atoms with van der Waals surface area (Å²) >= 11 is 0. The lowest BCUT2D eigenvalue weighted by Gasteiger charge is -2.32. The van der Waals surface area contributed by atoms with Gasteiger partial charge >= 0.3 is 0 Å². The average Bonchev–Trinajstić information content (AvgIpc) is 2.68. The summed E-state index contributed by atoms with van der Waals surface area (Å²) in [6, 6.07) is 0. The monoisotopic (exact) mass is 277 g/mol. The zero-order valence-electron chi connectivity index (χ0n) is 10.2. The third kappa shape index (κ3) is 3.43. The van der Waals surface area contributed by atoms with E-state index in [9.17, 15) is 18.3 Å². The van der Waals surface area contributed by atoms with Crippen molar-refractivity contribution < 1.29 is 23.1 Å². The molecule has 2 heterocycles. The van der Waals surface area contributed by atoms with E-state index in [2.05, 4.69) is 5.32 Å². The molecule has 6 nitrogen and oxygen atoms in total. The highest BCUT2D eigenvalue weighted by Gasteiger charge is 2.35. The van der Waals surface area contributed by atoms with E-state index in [4.69, 9.17) is 4.74 Å². The number of hydrogen-bond donors (Lipinski definition) is 2. The summed E-state index contributed by atoms with van der Waals surface area (Å²) in [4.78, 5) is 11.8. The number of aliphatic hydroxyl groups is 1. The molecule has 2 aliphatic rings. The summed E-state index contributed by atoms with van der Waals surface area (Å²) < 4.78 is 27.7. The van der Waals surface area contributed by atoms with Crippen molar-refractivity contribution in [3.05, 3.63) is 0 Å². The van der Waals surface area contributed by atoms with Crippen LogP contribution in [0.1, 0.15) is 19.3 Å². The molecular formula is C11H19NO5S. The van der Waals surface area contributed by atoms with E-state index in [-0.39, 0.29) is 24.0 Å². The molecule has 2 aliphatic heterocycles. The molecule has 2 saturated heterocycles. The topological polar surface area (TPSA) is 92.7 Å². The van der Waals surface area contributed by atoms with E-state index < -0.39 is 21.4 Å². The Morgan fingerprint density at radius 1 is 1.39 bits per heavy atom. The van der Waals surface area contributed by atoms with Crippen molar-refractivity contribution in [2.75, 3.05) is 31.3 Å². The maximum absolute atomic E-state index is 11.8. The predicted molar refractivity (Wildman–Crippen MR) is 64.8 cm³/mol. The van der Waals surface area contributed by atoms with Gasteiger partial charge in [-0.05, 0) is 6.42 Å². The molecule has 1 amide bonds. The minimum absolute atomic E-state index is 0.0691. The van der Waals surface area contributed by atoms with Crippen molar-refractivity contribution >= 4 is 15.7 Å². The number of amides is 1. The highest BCUT2D eigenvalue weighted by atomic mass is 32.2. The molecule has 18 heavy (non-hydrogen) atoms. The first-order chi connectivity index (χ1) is 8.40. The van der Waals surface area contributed by atoms with E-state index >= 15 is 0 Å². The molecule has 2 fully saturated rings. The summed E-state index contributed by atoms with van der Waals surface area (Å²) in [6.45, 7) is 1.15. The van der Waals surface area contributed by atoms with Gasteiger partial charge in [-0.1, -0.05) is 0 Å². The van der Waals surface area contributed by atoms with Crippen LogP contribution in [0, 0.1) is 5.92 Å². The molecule has 0 aromatic carbocycles. The molecule has 0 spiro atoms. The van der Waals surface area contributed by atoms with Crippen LogP contribution in [0.4, 0.5) is 0 Å². The number of hydrogen-bond acceptors (Lipinski definition) is 5. The normalized spacial score (nSPS) is 29.9. The van der Waals surface area contributed by atoms with Gasteiger partial charge in [0.2, 0.25) is 5.91 Å². The first-order valence-electron chi connectivity index (χ1n) is 6.19. The van der Waals surface area contributed by atoms with E-state index in [0.717, 1.165) is 0 Å². The maximum Gasteiger partial charge on any atom is 0.224 e. The first-order valence-corrected chi connectivity index (χ1v) is 8.01. The summed E-state index contributed by atoms with van der Waals surface area (Å²) in [5.74, 6) is -0.710. The highest BCUT2D eigenvalue weighted by Crippen LogP contribution is 2.21. The van der Waals surface area contributed by atoms with Crippen molar-refractivity contribution in [3.63, 3.8) is 0 Å². The van der Waals surface area contributed by atoms with Crippen LogP contribution in [0.3, 0.4) is 0 Å². The van der Waals surface area contributed by atoms with Crippen molar-refractivity contribution in [3.8, 4) is 0 Å². The molecular weight excluding hydrogens is 258 g/mol. The molecule has 104 valence electrons. The molecule has 2 rings (SSSR count). The number of carbonyl (C=O) groups is 1. The van der Waals surface area contributed by atoms with Crippen molar-refractivity contribution in [2.24, 2.45) is 5.92 Å². The molecule has 0 aromatic rings. The Balaban J connectivity index is 1.81. The van der Waals surface area contributed by atoms with Crippen LogP contribution >= 0.6 is 0 Å². The van der Waals surface area contributed by atoms with Gasteiger partial charge in [0, 0.05) is 32.6 Å². The van der Waals surface area contributed by atoms with Crippen molar-refractivity contribution in [1.82, 2.24) is 5.32 Å². The number of carbonyl (C=O) groups excluding carboxylic acids is 1. The summed E-state index contributed by atoms with van der Waals surface area (Å²) in [5, 5.41) is 12.8. The number of nitrogens with one attached hydrogen (secondary N) is 1. The molecule has 1 atom stereocenters. The van der Waals surface area contributed by atoms with Gasteiger partial charge in [-0.3, -0.25) is 4.79 Å². The molecule has 0 radical (unpaired) electrons. The summed E-state index contributed by atoms with van der Waals surface area (Å²) in [6.07, 6.45) is 1.38. The average molecular weight is 277 g/mol. The zero-order valence-corrected chi connectivity index (χ0v) is 11.0. The van der Waals surface area contributed by atoms with Crippen LogP contribution in [0.15, 0.2) is 0 Å². The Bertz CT molecular complexity index is 413. The van der Waals surface area contributed by atoms with Crippen LogP contribution in [-0.4, -0.2) is 56.3 Å². The highest BCUT2D eigenvalue weighted by molar-refractivity contribution is 7.91. The van der Waals surface area contributed by atoms with Crippen molar-refractivity contribution in [2.45, 2.75) is 24.9 Å².